The first-order valence-electron chi connectivity index (χ1n) is 11.8. The highest BCUT2D eigenvalue weighted by Crippen LogP contribution is 2.46. The topological polar surface area (TPSA) is 70.4 Å². The molecule has 1 aliphatic heterocycles. The van der Waals surface area contributed by atoms with Crippen LogP contribution in [0.2, 0.25) is 0 Å². The third-order valence-corrected chi connectivity index (χ3v) is 7.10. The van der Waals surface area contributed by atoms with Gasteiger partial charge in [0, 0.05) is 24.8 Å². The fourth-order valence-corrected chi connectivity index (χ4v) is 5.53. The molecule has 0 unspecified atom stereocenters. The highest BCUT2D eigenvalue weighted by Gasteiger charge is 2.38. The van der Waals surface area contributed by atoms with Crippen molar-refractivity contribution in [2.24, 2.45) is 11.8 Å². The molecule has 1 aromatic carbocycles. The van der Waals surface area contributed by atoms with Gasteiger partial charge in [0.2, 0.25) is 0 Å². The third kappa shape index (κ3) is 4.86. The third-order valence-electron chi connectivity index (χ3n) is 7.10. The fraction of sp³-hybridized carbons (Fsp3) is 0.583. The van der Waals surface area contributed by atoms with E-state index >= 15 is 0 Å². The summed E-state index contributed by atoms with van der Waals surface area (Å²) in [5.41, 5.74) is 0.740. The second kappa shape index (κ2) is 8.78. The van der Waals surface area contributed by atoms with Crippen molar-refractivity contribution in [3.8, 4) is 0 Å². The number of anilines is 3. The van der Waals surface area contributed by atoms with Gasteiger partial charge in [-0.1, -0.05) is 0 Å². The second-order valence-corrected chi connectivity index (χ2v) is 9.87. The summed E-state index contributed by atoms with van der Waals surface area (Å²) in [6, 6.07) is 3.03. The standard InChI is InChI=1S/C24H28F4N4O2/c1-13-6-16(11-18(25)20(13)29-17-9-14-7-15(8-14)10-17)30-22(33)21-19(12-24(26,27)28)34-23(31-21)32-4-2-3-5-32/h6,11,14-15,17,29H,2-5,7-10,12H2,1H3,(H,30,33). The van der Waals surface area contributed by atoms with E-state index in [1.807, 2.05) is 0 Å². The van der Waals surface area contributed by atoms with E-state index < -0.39 is 35.8 Å². The first kappa shape index (κ1) is 23.0. The lowest BCUT2D eigenvalue weighted by Crippen LogP contribution is -2.40. The number of hydrogen-bond donors (Lipinski definition) is 2. The number of halogens is 4. The number of rotatable bonds is 6. The molecule has 10 heteroatoms. The number of amides is 1. The molecule has 1 aromatic heterocycles. The quantitative estimate of drug-likeness (QED) is 0.521. The molecule has 2 aromatic rings. The van der Waals surface area contributed by atoms with E-state index in [4.69, 9.17) is 4.42 Å². The van der Waals surface area contributed by atoms with Crippen molar-refractivity contribution in [3.63, 3.8) is 0 Å². The van der Waals surface area contributed by atoms with Gasteiger partial charge >= 0.3 is 6.18 Å². The van der Waals surface area contributed by atoms with E-state index in [9.17, 15) is 22.4 Å². The molecule has 3 aliphatic carbocycles. The Balaban J connectivity index is 1.33. The van der Waals surface area contributed by atoms with Crippen LogP contribution >= 0.6 is 0 Å². The SMILES string of the molecule is Cc1cc(NC(=O)c2nc(N3CCCC3)oc2CC(F)(F)F)cc(F)c1NC1CC2CC(C2)C1. The predicted molar refractivity (Wildman–Crippen MR) is 120 cm³/mol. The van der Waals surface area contributed by atoms with Crippen molar-refractivity contribution in [1.29, 1.82) is 0 Å². The van der Waals surface area contributed by atoms with Gasteiger partial charge in [0.1, 0.15) is 18.0 Å². The number of aryl methyl sites for hydroxylation is 1. The van der Waals surface area contributed by atoms with E-state index in [2.05, 4.69) is 15.6 Å². The van der Waals surface area contributed by atoms with Gasteiger partial charge in [-0.25, -0.2) is 4.39 Å². The van der Waals surface area contributed by atoms with Crippen molar-refractivity contribution in [3.05, 3.63) is 35.0 Å². The molecule has 1 saturated heterocycles. The number of benzene rings is 1. The Labute approximate surface area is 195 Å². The molecule has 0 atom stereocenters. The molecule has 2 bridgehead atoms. The molecule has 34 heavy (non-hydrogen) atoms. The molecule has 1 amide bonds. The molecule has 0 spiro atoms. The monoisotopic (exact) mass is 480 g/mol. The molecule has 4 aliphatic rings. The number of hydrogen-bond acceptors (Lipinski definition) is 5. The van der Waals surface area contributed by atoms with Crippen LogP contribution in [-0.4, -0.2) is 36.2 Å². The number of alkyl halides is 3. The Hall–Kier alpha value is -2.78. The fourth-order valence-electron chi connectivity index (χ4n) is 5.53. The van der Waals surface area contributed by atoms with Gasteiger partial charge in [0.05, 0.1) is 5.69 Å². The average Bonchev–Trinajstić information content (AvgIpc) is 3.39. The summed E-state index contributed by atoms with van der Waals surface area (Å²) in [6.45, 7) is 2.95. The van der Waals surface area contributed by atoms with E-state index in [0.717, 1.165) is 37.5 Å². The Morgan fingerprint density at radius 2 is 1.82 bits per heavy atom. The number of oxazole rings is 1. The van der Waals surface area contributed by atoms with Crippen molar-refractivity contribution in [1.82, 2.24) is 4.98 Å². The molecule has 6 rings (SSSR count). The van der Waals surface area contributed by atoms with Gasteiger partial charge < -0.3 is 20.0 Å². The minimum Gasteiger partial charge on any atom is -0.427 e. The second-order valence-electron chi connectivity index (χ2n) is 9.87. The molecule has 2 N–H and O–H groups in total. The molecular formula is C24H28F4N4O2. The summed E-state index contributed by atoms with van der Waals surface area (Å²) in [5, 5.41) is 5.81. The van der Waals surface area contributed by atoms with Gasteiger partial charge in [-0.05, 0) is 75.0 Å². The first-order valence-corrected chi connectivity index (χ1v) is 11.8. The minimum atomic E-state index is -4.56. The predicted octanol–water partition coefficient (Wildman–Crippen LogP) is 5.68. The molecule has 6 nitrogen and oxygen atoms in total. The summed E-state index contributed by atoms with van der Waals surface area (Å²) in [6.07, 6.45) is 0.371. The van der Waals surface area contributed by atoms with Crippen molar-refractivity contribution >= 4 is 23.3 Å². The van der Waals surface area contributed by atoms with Crippen LogP contribution in [0.15, 0.2) is 16.5 Å². The van der Waals surface area contributed by atoms with Crippen LogP contribution in [0.3, 0.4) is 0 Å². The van der Waals surface area contributed by atoms with Crippen molar-refractivity contribution < 1.29 is 26.8 Å². The molecular weight excluding hydrogens is 452 g/mol. The van der Waals surface area contributed by atoms with Gasteiger partial charge in [0.25, 0.3) is 11.9 Å². The summed E-state index contributed by atoms with van der Waals surface area (Å²) in [5.74, 6) is -0.476. The average molecular weight is 481 g/mol. The molecule has 3 saturated carbocycles. The molecule has 184 valence electrons. The van der Waals surface area contributed by atoms with Crippen molar-refractivity contribution in [2.45, 2.75) is 64.1 Å². The zero-order valence-corrected chi connectivity index (χ0v) is 19.0. The van der Waals surface area contributed by atoms with E-state index in [1.165, 1.54) is 18.9 Å². The van der Waals surface area contributed by atoms with E-state index in [1.54, 1.807) is 17.9 Å². The van der Waals surface area contributed by atoms with Gasteiger partial charge in [-0.2, -0.15) is 18.2 Å². The lowest BCUT2D eigenvalue weighted by molar-refractivity contribution is -0.130. The summed E-state index contributed by atoms with van der Waals surface area (Å²) in [4.78, 5) is 18.6. The molecule has 2 heterocycles. The van der Waals surface area contributed by atoms with Gasteiger partial charge in [0.15, 0.2) is 5.69 Å². The van der Waals surface area contributed by atoms with Crippen LogP contribution in [0, 0.1) is 24.6 Å². The number of fused-ring (bicyclic) bond motifs is 2. The van der Waals surface area contributed by atoms with Crippen molar-refractivity contribution in [2.75, 3.05) is 28.6 Å². The van der Waals surface area contributed by atoms with Crippen LogP contribution in [0.1, 0.15) is 60.3 Å². The lowest BCUT2D eigenvalue weighted by atomic mass is 9.63. The number of aromatic nitrogens is 1. The zero-order valence-electron chi connectivity index (χ0n) is 19.0. The number of nitrogens with zero attached hydrogens (tertiary/aromatic N) is 2. The summed E-state index contributed by atoms with van der Waals surface area (Å²) >= 11 is 0. The van der Waals surface area contributed by atoms with Crippen LogP contribution in [0.25, 0.3) is 0 Å². The van der Waals surface area contributed by atoms with E-state index in [0.29, 0.717) is 24.3 Å². The Morgan fingerprint density at radius 1 is 1.15 bits per heavy atom. The highest BCUT2D eigenvalue weighted by molar-refractivity contribution is 6.04. The summed E-state index contributed by atoms with van der Waals surface area (Å²) in [7, 11) is 0. The zero-order chi connectivity index (χ0) is 24.0. The maximum absolute atomic E-state index is 14.9. The number of carbonyl (C=O) groups is 1. The lowest BCUT2D eigenvalue weighted by Gasteiger charge is -2.45. The molecule has 0 radical (unpaired) electrons. The molecule has 4 fully saturated rings. The summed E-state index contributed by atoms with van der Waals surface area (Å²) < 4.78 is 59.5. The number of nitrogens with one attached hydrogen (secondary N) is 2. The smallest absolute Gasteiger partial charge is 0.396 e. The van der Waals surface area contributed by atoms with Crippen LogP contribution in [0.5, 0.6) is 0 Å². The number of carbonyl (C=O) groups excluding carboxylic acids is 1. The van der Waals surface area contributed by atoms with Crippen LogP contribution in [0.4, 0.5) is 35.0 Å². The maximum atomic E-state index is 14.9. The normalized spacial score (nSPS) is 24.1. The minimum absolute atomic E-state index is 0.00865. The highest BCUT2D eigenvalue weighted by atomic mass is 19.4. The van der Waals surface area contributed by atoms with Crippen LogP contribution in [-0.2, 0) is 6.42 Å². The van der Waals surface area contributed by atoms with Gasteiger partial charge in [-0.3, -0.25) is 4.79 Å². The largest absolute Gasteiger partial charge is 0.427 e. The van der Waals surface area contributed by atoms with E-state index in [-0.39, 0.29) is 17.7 Å². The Kier molecular flexibility index (Phi) is 5.93. The maximum Gasteiger partial charge on any atom is 0.396 e. The van der Waals surface area contributed by atoms with Crippen LogP contribution < -0.4 is 15.5 Å². The Morgan fingerprint density at radius 3 is 2.44 bits per heavy atom. The van der Waals surface area contributed by atoms with Gasteiger partial charge in [-0.15, -0.1) is 0 Å². The first-order chi connectivity index (χ1) is 16.1. The Bertz CT molecular complexity index is 1040.